The van der Waals surface area contributed by atoms with Crippen molar-refractivity contribution in [3.05, 3.63) is 0 Å². The maximum atomic E-state index is 2.63. The fourth-order valence-corrected chi connectivity index (χ4v) is 3.00. The lowest BCUT2D eigenvalue weighted by Gasteiger charge is -2.28. The molecule has 0 aromatic heterocycles. The monoisotopic (exact) mass is 169 g/mol. The molecule has 0 saturated carbocycles. The summed E-state index contributed by atoms with van der Waals surface area (Å²) in [5, 5.41) is 0. The van der Waals surface area contributed by atoms with E-state index in [1.54, 1.807) is 0 Å². The Hall–Kier alpha value is -0.0800. The maximum Gasteiger partial charge on any atom is 0.135 e. The third kappa shape index (κ3) is 1.27. The van der Waals surface area contributed by atoms with Crippen LogP contribution in [0, 0.1) is 0 Å². The van der Waals surface area contributed by atoms with Gasteiger partial charge in [-0.25, -0.2) is 4.90 Å². The lowest BCUT2D eigenvalue weighted by Crippen LogP contribution is -2.44. The van der Waals surface area contributed by atoms with Crippen molar-refractivity contribution in [3.8, 4) is 0 Å². The van der Waals surface area contributed by atoms with Gasteiger partial charge in [0, 0.05) is 19.4 Å². The molecule has 1 unspecified atom stereocenters. The summed E-state index contributed by atoms with van der Waals surface area (Å²) in [7, 11) is 0. The van der Waals surface area contributed by atoms with E-state index in [1.165, 1.54) is 50.2 Å². The van der Waals surface area contributed by atoms with Crippen molar-refractivity contribution in [2.75, 3.05) is 32.8 Å². The van der Waals surface area contributed by atoms with Crippen LogP contribution in [0.3, 0.4) is 0 Å². The van der Waals surface area contributed by atoms with Crippen molar-refractivity contribution < 1.29 is 4.48 Å². The molecule has 0 aliphatic carbocycles. The Morgan fingerprint density at radius 1 is 1.33 bits per heavy atom. The van der Waals surface area contributed by atoms with Crippen LogP contribution in [0.25, 0.3) is 0 Å². The van der Waals surface area contributed by atoms with E-state index in [4.69, 9.17) is 0 Å². The molecule has 2 rings (SSSR count). The fourth-order valence-electron chi connectivity index (χ4n) is 3.00. The van der Waals surface area contributed by atoms with Gasteiger partial charge in [0.05, 0.1) is 25.7 Å². The van der Waals surface area contributed by atoms with Crippen LogP contribution in [-0.4, -0.2) is 48.3 Å². The molecule has 2 aliphatic heterocycles. The molecule has 0 bridgehead atoms. The van der Waals surface area contributed by atoms with E-state index in [0.717, 1.165) is 6.04 Å². The van der Waals surface area contributed by atoms with Gasteiger partial charge >= 0.3 is 0 Å². The first kappa shape index (κ1) is 8.52. The first-order chi connectivity index (χ1) is 5.76. The van der Waals surface area contributed by atoms with Gasteiger partial charge in [0.1, 0.15) is 6.67 Å². The summed E-state index contributed by atoms with van der Waals surface area (Å²) < 4.78 is 1.41. The first-order valence-corrected chi connectivity index (χ1v) is 5.35. The van der Waals surface area contributed by atoms with Crippen molar-refractivity contribution in [3.63, 3.8) is 0 Å². The highest BCUT2D eigenvalue weighted by atomic mass is 15.5. The van der Waals surface area contributed by atoms with E-state index in [9.17, 15) is 0 Å². The number of quaternary nitrogens is 1. The molecule has 12 heavy (non-hydrogen) atoms. The van der Waals surface area contributed by atoms with E-state index in [0.29, 0.717) is 0 Å². The van der Waals surface area contributed by atoms with Gasteiger partial charge in [0.2, 0.25) is 0 Å². The van der Waals surface area contributed by atoms with Gasteiger partial charge in [-0.05, 0) is 6.92 Å². The van der Waals surface area contributed by atoms with Crippen molar-refractivity contribution in [1.82, 2.24) is 4.90 Å². The quantitative estimate of drug-likeness (QED) is 0.534. The molecule has 0 aromatic rings. The molecule has 2 aliphatic rings. The zero-order valence-corrected chi connectivity index (χ0v) is 8.42. The Morgan fingerprint density at radius 3 is 2.50 bits per heavy atom. The summed E-state index contributed by atoms with van der Waals surface area (Å²) in [4.78, 5) is 2.63. The highest BCUT2D eigenvalue weighted by Crippen LogP contribution is 2.27. The van der Waals surface area contributed by atoms with Crippen LogP contribution in [0.1, 0.15) is 26.7 Å². The van der Waals surface area contributed by atoms with Gasteiger partial charge in [0.25, 0.3) is 0 Å². The number of hydrogen-bond acceptors (Lipinski definition) is 1. The minimum absolute atomic E-state index is 0.827. The van der Waals surface area contributed by atoms with E-state index in [1.807, 2.05) is 0 Å². The summed E-state index contributed by atoms with van der Waals surface area (Å²) in [6, 6.07) is 0.827. The topological polar surface area (TPSA) is 3.24 Å². The van der Waals surface area contributed by atoms with Crippen LogP contribution in [-0.2, 0) is 0 Å². The summed E-state index contributed by atoms with van der Waals surface area (Å²) in [6.07, 6.45) is 2.93. The molecule has 0 aromatic carbocycles. The fraction of sp³-hybridized carbons (Fsp3) is 1.00. The first-order valence-electron chi connectivity index (χ1n) is 5.35. The van der Waals surface area contributed by atoms with E-state index >= 15 is 0 Å². The minimum atomic E-state index is 0.827. The Bertz CT molecular complexity index is 161. The van der Waals surface area contributed by atoms with Crippen molar-refractivity contribution in [1.29, 1.82) is 0 Å². The van der Waals surface area contributed by atoms with Gasteiger partial charge in [0.15, 0.2) is 0 Å². The minimum Gasteiger partial charge on any atom is -0.310 e. The normalized spacial score (nSPS) is 35.0. The summed E-state index contributed by atoms with van der Waals surface area (Å²) in [5.41, 5.74) is 0. The molecule has 0 amide bonds. The van der Waals surface area contributed by atoms with Crippen LogP contribution in [0.5, 0.6) is 0 Å². The highest BCUT2D eigenvalue weighted by molar-refractivity contribution is 4.72. The van der Waals surface area contributed by atoms with Crippen molar-refractivity contribution in [2.45, 2.75) is 32.7 Å². The Kier molecular flexibility index (Phi) is 2.13. The van der Waals surface area contributed by atoms with Gasteiger partial charge in [-0.2, -0.15) is 0 Å². The second kappa shape index (κ2) is 3.00. The van der Waals surface area contributed by atoms with Crippen molar-refractivity contribution >= 4 is 0 Å². The third-order valence-electron chi connectivity index (χ3n) is 3.68. The Balaban J connectivity index is 2.03. The number of likely N-dealkylation sites (N-methyl/N-ethyl adjacent to an activating group) is 1. The predicted molar refractivity (Wildman–Crippen MR) is 50.8 cm³/mol. The average Bonchev–Trinajstić information content (AvgIpc) is 2.60. The van der Waals surface area contributed by atoms with Crippen LogP contribution >= 0.6 is 0 Å². The molecule has 2 heteroatoms. The second-order valence-electron chi connectivity index (χ2n) is 4.57. The zero-order chi connectivity index (χ0) is 8.60. The van der Waals surface area contributed by atoms with Gasteiger partial charge in [-0.1, -0.05) is 6.92 Å². The van der Waals surface area contributed by atoms with Crippen molar-refractivity contribution in [2.24, 2.45) is 0 Å². The molecular formula is C10H21N2+. The summed E-state index contributed by atoms with van der Waals surface area (Å²) >= 11 is 0. The number of rotatable bonds is 1. The lowest BCUT2D eigenvalue weighted by molar-refractivity contribution is -0.909. The molecule has 2 heterocycles. The van der Waals surface area contributed by atoms with Gasteiger partial charge in [-0.15, -0.1) is 0 Å². The standard InChI is InChI=1S/C10H21N2/c1-3-11-9-12(8-10(11)2)6-4-5-7-12/h10H,3-9H2,1-2H3/q+1. The molecule has 1 spiro atoms. The SMILES string of the molecule is CCN1C[N+]2(CCCC2)CC1C. The third-order valence-corrected chi connectivity index (χ3v) is 3.68. The Morgan fingerprint density at radius 2 is 2.00 bits per heavy atom. The number of nitrogens with zero attached hydrogens (tertiary/aromatic N) is 2. The maximum absolute atomic E-state index is 2.63. The molecule has 0 radical (unpaired) electrons. The van der Waals surface area contributed by atoms with Gasteiger partial charge in [-0.3, -0.25) is 0 Å². The lowest BCUT2D eigenvalue weighted by atomic mass is 10.3. The predicted octanol–water partition coefficient (Wildman–Crippen LogP) is 1.28. The highest BCUT2D eigenvalue weighted by Gasteiger charge is 2.42. The van der Waals surface area contributed by atoms with Crippen LogP contribution in [0.15, 0.2) is 0 Å². The van der Waals surface area contributed by atoms with E-state index in [-0.39, 0.29) is 0 Å². The smallest absolute Gasteiger partial charge is 0.135 e. The summed E-state index contributed by atoms with van der Waals surface area (Å²) in [6.45, 7) is 11.5. The molecule has 2 saturated heterocycles. The number of hydrogen-bond donors (Lipinski definition) is 0. The van der Waals surface area contributed by atoms with Gasteiger partial charge < -0.3 is 4.48 Å². The average molecular weight is 169 g/mol. The molecule has 70 valence electrons. The molecule has 2 nitrogen and oxygen atoms in total. The van der Waals surface area contributed by atoms with E-state index < -0.39 is 0 Å². The molecule has 2 fully saturated rings. The zero-order valence-electron chi connectivity index (χ0n) is 8.42. The van der Waals surface area contributed by atoms with Crippen LogP contribution in [0.4, 0.5) is 0 Å². The molecular weight excluding hydrogens is 148 g/mol. The van der Waals surface area contributed by atoms with Crippen LogP contribution in [0.2, 0.25) is 0 Å². The van der Waals surface area contributed by atoms with Crippen LogP contribution < -0.4 is 0 Å². The molecule has 1 atom stereocenters. The Labute approximate surface area is 75.7 Å². The molecule has 0 N–H and O–H groups in total. The second-order valence-corrected chi connectivity index (χ2v) is 4.57. The summed E-state index contributed by atoms with van der Waals surface area (Å²) in [5.74, 6) is 0. The van der Waals surface area contributed by atoms with E-state index in [2.05, 4.69) is 18.7 Å². The largest absolute Gasteiger partial charge is 0.310 e.